The summed E-state index contributed by atoms with van der Waals surface area (Å²) in [6, 6.07) is 7.63. The van der Waals surface area contributed by atoms with E-state index in [1.54, 1.807) is 50.7 Å². The van der Waals surface area contributed by atoms with Gasteiger partial charge in [0.2, 0.25) is 11.9 Å². The molecule has 2 fully saturated rings. The van der Waals surface area contributed by atoms with Crippen LogP contribution in [0.5, 0.6) is 0 Å². The average molecular weight is 1330 g/mol. The molecule has 3 N–H and O–H groups in total. The Morgan fingerprint density at radius 3 is 1.62 bits per heavy atom. The largest absolute Gasteiger partial charge is 0.457 e. The van der Waals surface area contributed by atoms with Crippen LogP contribution in [0.15, 0.2) is 59.9 Å². The smallest absolute Gasteiger partial charge is 0.407 e. The monoisotopic (exact) mass is 1330 g/mol. The predicted molar refractivity (Wildman–Crippen MR) is 298 cm³/mol. The Bertz CT molecular complexity index is 3010. The minimum absolute atomic E-state index is 0.0449. The summed E-state index contributed by atoms with van der Waals surface area (Å²) < 4.78 is 53.0. The number of ether oxygens (including phenoxy) is 4. The highest BCUT2D eigenvalue weighted by atomic mass is 127. The molecule has 2 aromatic heterocycles. The summed E-state index contributed by atoms with van der Waals surface area (Å²) in [5.41, 5.74) is 0.242. The first-order valence-electron chi connectivity index (χ1n) is 24.5. The van der Waals surface area contributed by atoms with Crippen LogP contribution in [0.4, 0.5) is 30.3 Å². The Kier molecular flexibility index (Phi) is 19.1. The normalized spacial score (nSPS) is 17.6. The van der Waals surface area contributed by atoms with Gasteiger partial charge in [0.25, 0.3) is 11.8 Å². The number of halogens is 6. The topological polar surface area (TPSA) is 221 Å². The molecule has 0 saturated carbocycles. The van der Waals surface area contributed by atoms with E-state index in [9.17, 15) is 37.5 Å². The number of benzene rings is 2. The third kappa shape index (κ3) is 15.3. The molecule has 4 amide bonds. The number of nitrogens with zero attached hydrogens (tertiary/aromatic N) is 7. The Balaban J connectivity index is 0.000000224. The number of amides is 4. The Labute approximate surface area is 480 Å². The lowest BCUT2D eigenvalue weighted by molar-refractivity contribution is -0.137. The van der Waals surface area contributed by atoms with Gasteiger partial charge in [0.1, 0.15) is 66.2 Å². The second kappa shape index (κ2) is 24.9. The average Bonchev–Trinajstić information content (AvgIpc) is 4.12. The number of piperidine rings is 2. The van der Waals surface area contributed by atoms with Gasteiger partial charge in [-0.15, -0.1) is 0 Å². The molecule has 4 aliphatic rings. The summed E-state index contributed by atoms with van der Waals surface area (Å²) in [6.07, 6.45) is 5.00. The van der Waals surface area contributed by atoms with E-state index >= 15 is 0 Å². The Morgan fingerprint density at radius 2 is 1.18 bits per heavy atom. The highest BCUT2D eigenvalue weighted by Crippen LogP contribution is 2.32. The molecule has 77 heavy (non-hydrogen) atoms. The van der Waals surface area contributed by atoms with Gasteiger partial charge in [0.15, 0.2) is 0 Å². The molecule has 4 aliphatic heterocycles. The molecule has 2 aromatic carbocycles. The highest BCUT2D eigenvalue weighted by Gasteiger charge is 2.35. The lowest BCUT2D eigenvalue weighted by atomic mass is 10.1. The number of anilines is 2. The van der Waals surface area contributed by atoms with Gasteiger partial charge in [-0.25, -0.2) is 37.9 Å². The number of likely N-dealkylation sites (N-methyl/N-ethyl adjacent to an activating group) is 1. The van der Waals surface area contributed by atoms with Gasteiger partial charge in [-0.3, -0.25) is 9.59 Å². The van der Waals surface area contributed by atoms with Crippen molar-refractivity contribution >= 4 is 116 Å². The SMILES string of the molecule is CC(C)(C)OC(=O)N[C@@H]1CCCN(c2nc(I)c(C(=O)NC3=CCOC3=O)n2Cc2cc(F)ccc2Cl)C1.CN(C(=O)c1c(I)nc(N2CCC[C@@H](NC(=O)OC(C)(C)C)C2)n1Cc1cc(F)ccc1Cl)C1=CCOC1=O. The van der Waals surface area contributed by atoms with Crippen molar-refractivity contribution in [2.75, 3.05) is 56.2 Å². The van der Waals surface area contributed by atoms with Crippen LogP contribution in [-0.2, 0) is 41.6 Å². The van der Waals surface area contributed by atoms with Crippen LogP contribution in [0.2, 0.25) is 10.0 Å². The van der Waals surface area contributed by atoms with Crippen LogP contribution in [0.3, 0.4) is 0 Å². The molecule has 0 spiro atoms. The quantitative estimate of drug-likeness (QED) is 0.0690. The van der Waals surface area contributed by atoms with Gasteiger partial charge >= 0.3 is 24.1 Å². The zero-order valence-electron chi connectivity index (χ0n) is 43.2. The zero-order chi connectivity index (χ0) is 56.1. The van der Waals surface area contributed by atoms with E-state index in [4.69, 9.17) is 47.1 Å². The number of aromatic nitrogens is 4. The lowest BCUT2D eigenvalue weighted by Gasteiger charge is -2.34. The molecule has 2 atom stereocenters. The maximum absolute atomic E-state index is 14.2. The first-order chi connectivity index (χ1) is 36.2. The molecule has 4 aromatic rings. The molecule has 0 aliphatic carbocycles. The minimum atomic E-state index is -0.627. The Morgan fingerprint density at radius 1 is 0.727 bits per heavy atom. The van der Waals surface area contributed by atoms with Crippen LogP contribution in [0, 0.1) is 19.0 Å². The van der Waals surface area contributed by atoms with Gasteiger partial charge in [0, 0.05) is 55.4 Å². The first-order valence-corrected chi connectivity index (χ1v) is 27.4. The molecule has 414 valence electrons. The second-order valence-corrected chi connectivity index (χ2v) is 23.2. The van der Waals surface area contributed by atoms with Gasteiger partial charge < -0.3 is 58.7 Å². The van der Waals surface area contributed by atoms with E-state index in [1.165, 1.54) is 60.5 Å². The van der Waals surface area contributed by atoms with Crippen molar-refractivity contribution in [3.8, 4) is 0 Å². The third-order valence-corrected chi connectivity index (χ3v) is 14.3. The molecular formula is C51H58Cl2F2I2N10O10. The first kappa shape index (κ1) is 58.9. The number of rotatable bonds is 12. The van der Waals surface area contributed by atoms with Gasteiger partial charge in [-0.2, -0.15) is 0 Å². The number of alkyl carbamates (subject to hydrolysis) is 2. The summed E-state index contributed by atoms with van der Waals surface area (Å²) in [7, 11) is 1.49. The fourth-order valence-corrected chi connectivity index (χ4v) is 10.6. The standard InChI is InChI=1S/C26H30ClFIN5O5.C25H28ClFIN5O5/c1-26(2,3)39-25(37)30-17-6-5-10-33(14-17)24-31-21(29)20(22(35)32(4)19-9-11-38-23(19)36)34(24)13-15-12-16(28)7-8-18(15)27;1-25(2,3)38-24(36)29-16-5-4-9-32(13-16)23-31-20(28)19(21(34)30-18-8-10-37-22(18)35)33(23)12-14-11-15(27)6-7-17(14)26/h7-9,12,17H,5-6,10-11,13-14H2,1-4H3,(H,30,37);6-8,11,16H,4-5,9-10,12-13H2,1-3H3,(H,29,36)(H,30,34)/t17-;16-/m11/s1. The molecule has 0 unspecified atom stereocenters. The van der Waals surface area contributed by atoms with Gasteiger partial charge in [-0.05, 0) is 172 Å². The molecule has 0 radical (unpaired) electrons. The van der Waals surface area contributed by atoms with E-state index < -0.39 is 58.8 Å². The van der Waals surface area contributed by atoms with E-state index in [0.717, 1.165) is 25.7 Å². The number of esters is 2. The number of imidazole rings is 2. The number of nitrogens with one attached hydrogen (secondary N) is 3. The fourth-order valence-electron chi connectivity index (χ4n) is 8.74. The predicted octanol–water partition coefficient (Wildman–Crippen LogP) is 8.33. The van der Waals surface area contributed by atoms with Crippen LogP contribution in [-0.4, -0.2) is 130 Å². The van der Waals surface area contributed by atoms with Crippen molar-refractivity contribution in [3.05, 3.63) is 112 Å². The van der Waals surface area contributed by atoms with Crippen molar-refractivity contribution in [2.45, 2.75) is 104 Å². The maximum atomic E-state index is 14.2. The Hall–Kier alpha value is -5.74. The van der Waals surface area contributed by atoms with Crippen LogP contribution in [0.1, 0.15) is 99.3 Å². The number of carbonyl (C=O) groups is 6. The van der Waals surface area contributed by atoms with Crippen molar-refractivity contribution in [3.63, 3.8) is 0 Å². The van der Waals surface area contributed by atoms with Crippen molar-refractivity contribution in [1.29, 1.82) is 0 Å². The van der Waals surface area contributed by atoms with Crippen LogP contribution < -0.4 is 25.8 Å². The summed E-state index contributed by atoms with van der Waals surface area (Å²) >= 11 is 16.7. The summed E-state index contributed by atoms with van der Waals surface area (Å²) in [6.45, 7) is 13.1. The number of cyclic esters (lactones) is 2. The molecule has 0 bridgehead atoms. The zero-order valence-corrected chi connectivity index (χ0v) is 49.1. The summed E-state index contributed by atoms with van der Waals surface area (Å²) in [5, 5.41) is 9.09. The van der Waals surface area contributed by atoms with E-state index in [0.29, 0.717) is 66.6 Å². The number of carbonyl (C=O) groups excluding carboxylic acids is 6. The molecule has 2 saturated heterocycles. The van der Waals surface area contributed by atoms with Crippen LogP contribution in [0.25, 0.3) is 0 Å². The van der Waals surface area contributed by atoms with E-state index in [2.05, 4.69) is 20.9 Å². The molecule has 6 heterocycles. The molecule has 8 rings (SSSR count). The molecule has 20 nitrogen and oxygen atoms in total. The van der Waals surface area contributed by atoms with Crippen molar-refractivity contribution in [2.24, 2.45) is 0 Å². The second-order valence-electron chi connectivity index (χ2n) is 20.3. The number of hydrogen-bond acceptors (Lipinski definition) is 14. The van der Waals surface area contributed by atoms with Crippen molar-refractivity contribution < 1.29 is 56.5 Å². The third-order valence-electron chi connectivity index (χ3n) is 12.1. The summed E-state index contributed by atoms with van der Waals surface area (Å²) in [5.74, 6) is -2.26. The van der Waals surface area contributed by atoms with E-state index in [1.807, 2.05) is 55.0 Å². The number of hydrogen-bond donors (Lipinski definition) is 3. The van der Waals surface area contributed by atoms with Gasteiger partial charge in [0.05, 0.1) is 13.1 Å². The van der Waals surface area contributed by atoms with Gasteiger partial charge in [-0.1, -0.05) is 23.2 Å². The minimum Gasteiger partial charge on any atom is -0.457 e. The van der Waals surface area contributed by atoms with E-state index in [-0.39, 0.29) is 61.2 Å². The summed E-state index contributed by atoms with van der Waals surface area (Å²) in [4.78, 5) is 90.4. The molecule has 26 heteroatoms. The highest BCUT2D eigenvalue weighted by molar-refractivity contribution is 14.1. The maximum Gasteiger partial charge on any atom is 0.407 e. The fraction of sp³-hybridized carbons (Fsp3) is 0.451. The van der Waals surface area contributed by atoms with Crippen LogP contribution >= 0.6 is 68.4 Å². The molecular weight excluding hydrogens is 1280 g/mol. The van der Waals surface area contributed by atoms with Crippen molar-refractivity contribution in [1.82, 2.24) is 40.0 Å². The lowest BCUT2D eigenvalue weighted by Crippen LogP contribution is -2.49.